The smallest absolute Gasteiger partial charge is 0.277 e. The minimum absolute atomic E-state index is 0.0610. The van der Waals surface area contributed by atoms with Crippen molar-refractivity contribution < 1.29 is 14.0 Å². The first kappa shape index (κ1) is 19.1. The third-order valence-corrected chi connectivity index (χ3v) is 4.87. The number of amides is 1. The molecule has 0 aliphatic rings. The number of ketones is 1. The van der Waals surface area contributed by atoms with E-state index < -0.39 is 5.25 Å². The zero-order valence-corrected chi connectivity index (χ0v) is 16.2. The van der Waals surface area contributed by atoms with E-state index in [-0.39, 0.29) is 11.7 Å². The van der Waals surface area contributed by atoms with Crippen LogP contribution in [0.2, 0.25) is 5.02 Å². The number of carbonyl (C=O) groups excluding carboxylic acids is 2. The van der Waals surface area contributed by atoms with Gasteiger partial charge in [-0.2, -0.15) is 0 Å². The van der Waals surface area contributed by atoms with E-state index in [1.165, 1.54) is 6.92 Å². The summed E-state index contributed by atoms with van der Waals surface area (Å²) in [6.07, 6.45) is 0. The van der Waals surface area contributed by atoms with Crippen LogP contribution in [0.25, 0.3) is 11.5 Å². The molecule has 138 valence electrons. The summed E-state index contributed by atoms with van der Waals surface area (Å²) in [5.74, 6) is 0.0667. The molecule has 1 amide bonds. The van der Waals surface area contributed by atoms with Crippen molar-refractivity contribution >= 4 is 40.7 Å². The number of Topliss-reactive ketones (excluding diaryl/α,β-unsaturated/α-hetero) is 1. The summed E-state index contributed by atoms with van der Waals surface area (Å²) in [6.45, 7) is 3.22. The van der Waals surface area contributed by atoms with E-state index in [0.717, 1.165) is 17.3 Å². The predicted molar refractivity (Wildman–Crippen MR) is 105 cm³/mol. The van der Waals surface area contributed by atoms with Crippen LogP contribution in [0.3, 0.4) is 0 Å². The first-order chi connectivity index (χ1) is 12.9. The number of nitrogens with one attached hydrogen (secondary N) is 1. The number of hydrogen-bond donors (Lipinski definition) is 1. The van der Waals surface area contributed by atoms with Gasteiger partial charge in [0.05, 0.1) is 5.25 Å². The molecule has 2 aromatic carbocycles. The molecule has 0 radical (unpaired) electrons. The van der Waals surface area contributed by atoms with Crippen LogP contribution < -0.4 is 5.32 Å². The first-order valence-electron chi connectivity index (χ1n) is 8.10. The van der Waals surface area contributed by atoms with E-state index in [2.05, 4.69) is 15.5 Å². The average molecular weight is 402 g/mol. The fraction of sp³-hybridized carbons (Fsp3) is 0.158. The van der Waals surface area contributed by atoms with Gasteiger partial charge in [0.1, 0.15) is 0 Å². The van der Waals surface area contributed by atoms with E-state index in [1.807, 2.05) is 0 Å². The molecule has 0 aliphatic carbocycles. The number of anilines is 1. The molecule has 1 N–H and O–H groups in total. The summed E-state index contributed by atoms with van der Waals surface area (Å²) >= 11 is 7.02. The second-order valence-electron chi connectivity index (χ2n) is 5.77. The van der Waals surface area contributed by atoms with E-state index in [9.17, 15) is 9.59 Å². The summed E-state index contributed by atoms with van der Waals surface area (Å²) in [4.78, 5) is 23.8. The SMILES string of the molecule is CC(=O)c1cccc(NC(=O)[C@@H](C)Sc2nnc(-c3ccc(Cl)cc3)o2)c1. The Hall–Kier alpha value is -2.64. The summed E-state index contributed by atoms with van der Waals surface area (Å²) < 4.78 is 5.60. The Morgan fingerprint density at radius 3 is 2.59 bits per heavy atom. The topological polar surface area (TPSA) is 85.1 Å². The predicted octanol–water partition coefficient (Wildman–Crippen LogP) is 4.71. The molecule has 0 unspecified atom stereocenters. The number of benzene rings is 2. The Balaban J connectivity index is 1.64. The lowest BCUT2D eigenvalue weighted by molar-refractivity contribution is -0.115. The highest BCUT2D eigenvalue weighted by atomic mass is 35.5. The third-order valence-electron chi connectivity index (χ3n) is 3.68. The number of halogens is 1. The molecular weight excluding hydrogens is 386 g/mol. The van der Waals surface area contributed by atoms with Crippen molar-refractivity contribution in [3.63, 3.8) is 0 Å². The van der Waals surface area contributed by atoms with Crippen molar-refractivity contribution in [2.75, 3.05) is 5.32 Å². The quantitative estimate of drug-likeness (QED) is 0.475. The standard InChI is InChI=1S/C19H16ClN3O3S/c1-11(24)14-4-3-5-16(10-14)21-17(25)12(2)27-19-23-22-18(26-19)13-6-8-15(20)9-7-13/h3-10,12H,1-2H3,(H,21,25)/t12-/m1/s1. The summed E-state index contributed by atoms with van der Waals surface area (Å²) in [7, 11) is 0. The van der Waals surface area contributed by atoms with E-state index in [4.69, 9.17) is 16.0 Å². The maximum atomic E-state index is 12.4. The maximum absolute atomic E-state index is 12.4. The minimum Gasteiger partial charge on any atom is -0.411 e. The van der Waals surface area contributed by atoms with Crippen molar-refractivity contribution in [1.29, 1.82) is 0 Å². The van der Waals surface area contributed by atoms with Crippen LogP contribution in [0, 0.1) is 0 Å². The van der Waals surface area contributed by atoms with Crippen molar-refractivity contribution in [3.05, 3.63) is 59.1 Å². The summed E-state index contributed by atoms with van der Waals surface area (Å²) in [6, 6.07) is 13.8. The fourth-order valence-electron chi connectivity index (χ4n) is 2.23. The normalized spacial score (nSPS) is 11.8. The molecule has 0 saturated heterocycles. The highest BCUT2D eigenvalue weighted by molar-refractivity contribution is 8.00. The van der Waals surface area contributed by atoms with Crippen molar-refractivity contribution in [2.24, 2.45) is 0 Å². The van der Waals surface area contributed by atoms with Crippen LogP contribution in [-0.4, -0.2) is 27.1 Å². The molecule has 1 aromatic heterocycles. The van der Waals surface area contributed by atoms with E-state index >= 15 is 0 Å². The highest BCUT2D eigenvalue weighted by Crippen LogP contribution is 2.27. The highest BCUT2D eigenvalue weighted by Gasteiger charge is 2.19. The Bertz CT molecular complexity index is 972. The van der Waals surface area contributed by atoms with Gasteiger partial charge in [0, 0.05) is 21.8 Å². The first-order valence-corrected chi connectivity index (χ1v) is 9.36. The van der Waals surface area contributed by atoms with E-state index in [0.29, 0.717) is 27.4 Å². The molecule has 3 aromatic rings. The van der Waals surface area contributed by atoms with Gasteiger partial charge in [0.15, 0.2) is 5.78 Å². The van der Waals surface area contributed by atoms with Crippen molar-refractivity contribution in [3.8, 4) is 11.5 Å². The number of hydrogen-bond acceptors (Lipinski definition) is 6. The third kappa shape index (κ3) is 4.96. The van der Waals surface area contributed by atoms with Gasteiger partial charge < -0.3 is 9.73 Å². The van der Waals surface area contributed by atoms with Gasteiger partial charge in [0.2, 0.25) is 11.8 Å². The Labute approximate surface area is 165 Å². The zero-order valence-electron chi connectivity index (χ0n) is 14.6. The molecule has 6 nitrogen and oxygen atoms in total. The van der Waals surface area contributed by atoms with Crippen molar-refractivity contribution in [1.82, 2.24) is 10.2 Å². The van der Waals surface area contributed by atoms with Gasteiger partial charge in [-0.1, -0.05) is 35.5 Å². The second-order valence-corrected chi connectivity index (χ2v) is 7.49. The van der Waals surface area contributed by atoms with Gasteiger partial charge in [-0.3, -0.25) is 9.59 Å². The van der Waals surface area contributed by atoms with Gasteiger partial charge in [0.25, 0.3) is 5.22 Å². The zero-order chi connectivity index (χ0) is 19.4. The maximum Gasteiger partial charge on any atom is 0.277 e. The Morgan fingerprint density at radius 1 is 1.15 bits per heavy atom. The number of thioether (sulfide) groups is 1. The van der Waals surface area contributed by atoms with Gasteiger partial charge in [-0.05, 0) is 50.2 Å². The summed E-state index contributed by atoms with van der Waals surface area (Å²) in [5, 5.41) is 11.2. The second kappa shape index (κ2) is 8.37. The number of aromatic nitrogens is 2. The van der Waals surface area contributed by atoms with E-state index in [1.54, 1.807) is 55.5 Å². The molecule has 1 heterocycles. The molecule has 0 saturated carbocycles. The Morgan fingerprint density at radius 2 is 1.89 bits per heavy atom. The molecule has 0 spiro atoms. The van der Waals surface area contributed by atoms with Crippen LogP contribution in [0.4, 0.5) is 5.69 Å². The van der Waals surface area contributed by atoms with Gasteiger partial charge >= 0.3 is 0 Å². The van der Waals surface area contributed by atoms with Crippen LogP contribution in [-0.2, 0) is 4.79 Å². The lowest BCUT2D eigenvalue weighted by atomic mass is 10.1. The Kier molecular flexibility index (Phi) is 5.93. The molecule has 0 aliphatic heterocycles. The lowest BCUT2D eigenvalue weighted by Crippen LogP contribution is -2.22. The number of rotatable bonds is 6. The molecule has 3 rings (SSSR count). The fourth-order valence-corrected chi connectivity index (χ4v) is 3.04. The minimum atomic E-state index is -0.468. The average Bonchev–Trinajstić information content (AvgIpc) is 3.11. The number of nitrogens with zero attached hydrogens (tertiary/aromatic N) is 2. The van der Waals surface area contributed by atoms with Crippen LogP contribution in [0.1, 0.15) is 24.2 Å². The largest absolute Gasteiger partial charge is 0.411 e. The monoisotopic (exact) mass is 401 g/mol. The van der Waals surface area contributed by atoms with Crippen LogP contribution in [0.15, 0.2) is 58.2 Å². The van der Waals surface area contributed by atoms with Crippen LogP contribution in [0.5, 0.6) is 0 Å². The van der Waals surface area contributed by atoms with Crippen molar-refractivity contribution in [2.45, 2.75) is 24.3 Å². The molecule has 0 fully saturated rings. The molecule has 27 heavy (non-hydrogen) atoms. The number of carbonyl (C=O) groups is 2. The summed E-state index contributed by atoms with van der Waals surface area (Å²) in [5.41, 5.74) is 1.85. The van der Waals surface area contributed by atoms with Gasteiger partial charge in [-0.15, -0.1) is 10.2 Å². The molecule has 0 bridgehead atoms. The molecule has 8 heteroatoms. The molecular formula is C19H16ClN3O3S. The molecule has 1 atom stereocenters. The lowest BCUT2D eigenvalue weighted by Gasteiger charge is -2.10. The van der Waals surface area contributed by atoms with Gasteiger partial charge in [-0.25, -0.2) is 0 Å². The van der Waals surface area contributed by atoms with Crippen LogP contribution >= 0.6 is 23.4 Å².